The van der Waals surface area contributed by atoms with Gasteiger partial charge in [-0.3, -0.25) is 0 Å². The minimum Gasteiger partial charge on any atom is -0.468 e. The van der Waals surface area contributed by atoms with Gasteiger partial charge in [-0.15, -0.1) is 0 Å². The summed E-state index contributed by atoms with van der Waals surface area (Å²) in [7, 11) is -3.55. The molecule has 0 amide bonds. The van der Waals surface area contributed by atoms with E-state index in [1.54, 1.807) is 18.4 Å². The van der Waals surface area contributed by atoms with Crippen LogP contribution in [0.1, 0.15) is 32.1 Å². The van der Waals surface area contributed by atoms with Crippen molar-refractivity contribution in [2.75, 3.05) is 0 Å². The molecule has 22 heavy (non-hydrogen) atoms. The first-order valence-electron chi connectivity index (χ1n) is 7.13. The molecule has 0 aliphatic rings. The summed E-state index contributed by atoms with van der Waals surface area (Å²) >= 11 is 0. The molecule has 6 heteroatoms. The normalized spacial score (nSPS) is 12.5. The molecule has 0 aliphatic carbocycles. The van der Waals surface area contributed by atoms with E-state index in [9.17, 15) is 8.42 Å². The number of hydrogen-bond donors (Lipinski definition) is 2. The van der Waals surface area contributed by atoms with E-state index in [2.05, 4.69) is 10.0 Å². The molecule has 2 N–H and O–H groups in total. The van der Waals surface area contributed by atoms with Crippen molar-refractivity contribution < 1.29 is 12.8 Å². The van der Waals surface area contributed by atoms with Crippen LogP contribution in [0.2, 0.25) is 0 Å². The summed E-state index contributed by atoms with van der Waals surface area (Å²) in [6, 6.07) is 10.7. The van der Waals surface area contributed by atoms with E-state index in [0.29, 0.717) is 18.0 Å². The van der Waals surface area contributed by atoms with Crippen LogP contribution in [0.25, 0.3) is 0 Å². The number of rotatable bonds is 6. The first-order valence-corrected chi connectivity index (χ1v) is 8.61. The molecule has 1 aromatic carbocycles. The smallest absolute Gasteiger partial charge is 0.241 e. The molecular formula is C16H22N2O3S. The van der Waals surface area contributed by atoms with E-state index in [1.165, 1.54) is 0 Å². The van der Waals surface area contributed by atoms with Crippen LogP contribution in [0.5, 0.6) is 0 Å². The molecule has 0 fully saturated rings. The van der Waals surface area contributed by atoms with Crippen LogP contribution in [0, 0.1) is 0 Å². The van der Waals surface area contributed by atoms with Gasteiger partial charge in [-0.05, 0) is 44.5 Å². The van der Waals surface area contributed by atoms with Gasteiger partial charge in [0.25, 0.3) is 0 Å². The highest BCUT2D eigenvalue weighted by molar-refractivity contribution is 7.89. The molecule has 2 aromatic rings. The molecule has 1 aromatic heterocycles. The van der Waals surface area contributed by atoms with Gasteiger partial charge in [-0.2, -0.15) is 0 Å². The Morgan fingerprint density at radius 3 is 2.41 bits per heavy atom. The Balaban J connectivity index is 2.12. The molecule has 0 atom stereocenters. The van der Waals surface area contributed by atoms with Crippen LogP contribution in [0.4, 0.5) is 0 Å². The summed E-state index contributed by atoms with van der Waals surface area (Å²) in [5, 5.41) is 3.19. The summed E-state index contributed by atoms with van der Waals surface area (Å²) in [5.41, 5.74) is 0.207. The lowest BCUT2D eigenvalue weighted by Crippen LogP contribution is -2.40. The molecule has 2 rings (SSSR count). The highest BCUT2D eigenvalue weighted by Gasteiger charge is 2.23. The third kappa shape index (κ3) is 4.69. The second-order valence-electron chi connectivity index (χ2n) is 6.15. The fourth-order valence-corrected chi connectivity index (χ4v) is 3.76. The largest absolute Gasteiger partial charge is 0.468 e. The average molecular weight is 322 g/mol. The van der Waals surface area contributed by atoms with Gasteiger partial charge in [-0.25, -0.2) is 13.1 Å². The van der Waals surface area contributed by atoms with E-state index in [-0.39, 0.29) is 0 Å². The topological polar surface area (TPSA) is 71.3 Å². The summed E-state index contributed by atoms with van der Waals surface area (Å²) in [5.74, 6) is 0.813. The maximum Gasteiger partial charge on any atom is 0.241 e. The quantitative estimate of drug-likeness (QED) is 0.857. The third-order valence-corrected chi connectivity index (χ3v) is 4.76. The van der Waals surface area contributed by atoms with Crippen molar-refractivity contribution in [3.05, 3.63) is 54.0 Å². The van der Waals surface area contributed by atoms with Crippen LogP contribution < -0.4 is 10.0 Å². The highest BCUT2D eigenvalue weighted by atomic mass is 32.2. The fraction of sp³-hybridized carbons (Fsp3) is 0.375. The maximum absolute atomic E-state index is 12.5. The first kappa shape index (κ1) is 16.7. The molecule has 0 aliphatic heterocycles. The van der Waals surface area contributed by atoms with Gasteiger partial charge in [0.15, 0.2) is 0 Å². The summed E-state index contributed by atoms with van der Waals surface area (Å²) in [6.45, 7) is 6.46. The predicted octanol–water partition coefficient (Wildman–Crippen LogP) is 2.65. The Labute approximate surface area is 131 Å². The summed E-state index contributed by atoms with van der Waals surface area (Å²) < 4.78 is 32.9. The van der Waals surface area contributed by atoms with Gasteiger partial charge in [0.1, 0.15) is 5.76 Å². The third-order valence-electron chi connectivity index (χ3n) is 2.90. The Bertz CT molecular complexity index is 701. The Kier molecular flexibility index (Phi) is 5.05. The Morgan fingerprint density at radius 2 is 1.77 bits per heavy atom. The van der Waals surface area contributed by atoms with Gasteiger partial charge >= 0.3 is 0 Å². The summed E-state index contributed by atoms with van der Waals surface area (Å²) in [4.78, 5) is 0.303. The molecule has 0 saturated carbocycles. The lowest BCUT2D eigenvalue weighted by Gasteiger charge is -2.21. The van der Waals surface area contributed by atoms with Crippen LogP contribution in [-0.4, -0.2) is 14.0 Å². The van der Waals surface area contributed by atoms with Crippen LogP contribution in [0.15, 0.2) is 52.0 Å². The van der Waals surface area contributed by atoms with E-state index in [0.717, 1.165) is 11.3 Å². The molecule has 5 nitrogen and oxygen atoms in total. The Morgan fingerprint density at radius 1 is 1.05 bits per heavy atom. The zero-order valence-electron chi connectivity index (χ0n) is 13.1. The second-order valence-corrected chi connectivity index (χ2v) is 7.80. The van der Waals surface area contributed by atoms with Crippen molar-refractivity contribution in [1.29, 1.82) is 0 Å². The molecule has 0 saturated heterocycles. The van der Waals surface area contributed by atoms with Crippen molar-refractivity contribution in [2.45, 2.75) is 44.3 Å². The molecule has 120 valence electrons. The van der Waals surface area contributed by atoms with E-state index in [1.807, 2.05) is 45.0 Å². The van der Waals surface area contributed by atoms with Gasteiger partial charge in [0, 0.05) is 12.1 Å². The second kappa shape index (κ2) is 6.64. The highest BCUT2D eigenvalue weighted by Crippen LogP contribution is 2.17. The van der Waals surface area contributed by atoms with Crippen molar-refractivity contribution >= 4 is 10.0 Å². The monoisotopic (exact) mass is 322 g/mol. The number of hydrogen-bond acceptors (Lipinski definition) is 4. The average Bonchev–Trinajstić information content (AvgIpc) is 2.89. The number of benzene rings is 1. The van der Waals surface area contributed by atoms with E-state index in [4.69, 9.17) is 4.42 Å². The van der Waals surface area contributed by atoms with Gasteiger partial charge < -0.3 is 9.73 Å². The lowest BCUT2D eigenvalue weighted by molar-refractivity contribution is 0.480. The molecule has 0 spiro atoms. The van der Waals surface area contributed by atoms with Crippen molar-refractivity contribution in [3.8, 4) is 0 Å². The SMILES string of the molecule is CC(C)(C)NS(=O)(=O)c1ccccc1CNCc1ccco1. The predicted molar refractivity (Wildman–Crippen MR) is 85.8 cm³/mol. The molecule has 1 heterocycles. The van der Waals surface area contributed by atoms with E-state index >= 15 is 0 Å². The molecule has 0 unspecified atom stereocenters. The van der Waals surface area contributed by atoms with Gasteiger partial charge in [0.05, 0.1) is 17.7 Å². The zero-order valence-corrected chi connectivity index (χ0v) is 13.9. The molecule has 0 radical (unpaired) electrons. The molecular weight excluding hydrogens is 300 g/mol. The first-order chi connectivity index (χ1) is 10.3. The minimum absolute atomic E-state index is 0.303. The zero-order chi connectivity index (χ0) is 16.2. The summed E-state index contributed by atoms with van der Waals surface area (Å²) in [6.07, 6.45) is 1.61. The van der Waals surface area contributed by atoms with Crippen LogP contribution in [-0.2, 0) is 23.1 Å². The number of sulfonamides is 1. The standard InChI is InChI=1S/C16H22N2O3S/c1-16(2,3)18-22(19,20)15-9-5-4-7-13(15)11-17-12-14-8-6-10-21-14/h4-10,17-18H,11-12H2,1-3H3. The van der Waals surface area contributed by atoms with Crippen LogP contribution >= 0.6 is 0 Å². The lowest BCUT2D eigenvalue weighted by atomic mass is 10.1. The maximum atomic E-state index is 12.5. The number of nitrogens with one attached hydrogen (secondary N) is 2. The minimum atomic E-state index is -3.55. The number of furan rings is 1. The Hall–Kier alpha value is -1.63. The molecule has 0 bridgehead atoms. The van der Waals surface area contributed by atoms with E-state index < -0.39 is 15.6 Å². The van der Waals surface area contributed by atoms with Crippen molar-refractivity contribution in [2.24, 2.45) is 0 Å². The van der Waals surface area contributed by atoms with Gasteiger partial charge in [-0.1, -0.05) is 18.2 Å². The van der Waals surface area contributed by atoms with Gasteiger partial charge in [0.2, 0.25) is 10.0 Å². The van der Waals surface area contributed by atoms with Crippen molar-refractivity contribution in [1.82, 2.24) is 10.0 Å². The van der Waals surface area contributed by atoms with Crippen LogP contribution in [0.3, 0.4) is 0 Å². The van der Waals surface area contributed by atoms with Crippen molar-refractivity contribution in [3.63, 3.8) is 0 Å². The fourth-order valence-electron chi connectivity index (χ4n) is 2.10.